The summed E-state index contributed by atoms with van der Waals surface area (Å²) in [5.74, 6) is -0.0678. The molecule has 8 heteroatoms. The first-order valence-electron chi connectivity index (χ1n) is 5.43. The van der Waals surface area contributed by atoms with Crippen molar-refractivity contribution in [3.63, 3.8) is 0 Å². The van der Waals surface area contributed by atoms with Gasteiger partial charge in [-0.05, 0) is 24.6 Å². The highest BCUT2D eigenvalue weighted by Gasteiger charge is 2.35. The van der Waals surface area contributed by atoms with Crippen molar-refractivity contribution in [1.82, 2.24) is 0 Å². The first kappa shape index (κ1) is 14.0. The summed E-state index contributed by atoms with van der Waals surface area (Å²) < 4.78 is 38.0. The van der Waals surface area contributed by atoms with E-state index in [0.29, 0.717) is 11.5 Å². The van der Waals surface area contributed by atoms with Gasteiger partial charge in [-0.25, -0.2) is 8.42 Å². The van der Waals surface area contributed by atoms with Gasteiger partial charge >= 0.3 is 5.97 Å². The largest absolute Gasteiger partial charge is 0.465 e. The smallest absolute Gasteiger partial charge is 0.330 e. The Hall–Kier alpha value is -1.47. The van der Waals surface area contributed by atoms with Gasteiger partial charge in [0, 0.05) is 10.7 Å². The molecule has 6 nitrogen and oxygen atoms in total. The van der Waals surface area contributed by atoms with E-state index < -0.39 is 20.3 Å². The zero-order valence-electron chi connectivity index (χ0n) is 9.96. The van der Waals surface area contributed by atoms with Crippen LogP contribution in [0, 0.1) is 0 Å². The van der Waals surface area contributed by atoms with Gasteiger partial charge < -0.3 is 14.2 Å². The number of carbonyl (C=O) groups excluding carboxylic acids is 1. The van der Waals surface area contributed by atoms with Crippen LogP contribution in [-0.2, 0) is 18.6 Å². The van der Waals surface area contributed by atoms with E-state index in [9.17, 15) is 13.2 Å². The SMILES string of the molecule is CCOC(=O)C(c1ccc2c(c1)OCO2)S(=O)(=O)Cl. The zero-order chi connectivity index (χ0) is 14.0. The third kappa shape index (κ3) is 2.93. The molecule has 1 atom stereocenters. The fourth-order valence-electron chi connectivity index (χ4n) is 1.71. The van der Waals surface area contributed by atoms with E-state index in [0.717, 1.165) is 0 Å². The maximum atomic E-state index is 11.7. The van der Waals surface area contributed by atoms with E-state index in [1.54, 1.807) is 6.92 Å². The number of rotatable bonds is 4. The molecule has 1 aromatic carbocycles. The van der Waals surface area contributed by atoms with Crippen LogP contribution in [0.25, 0.3) is 0 Å². The van der Waals surface area contributed by atoms with Crippen LogP contribution in [0.5, 0.6) is 11.5 Å². The quantitative estimate of drug-likeness (QED) is 0.621. The summed E-state index contributed by atoms with van der Waals surface area (Å²) in [5.41, 5.74) is 0.178. The molecule has 0 bridgehead atoms. The van der Waals surface area contributed by atoms with Gasteiger partial charge in [0.15, 0.2) is 16.7 Å². The van der Waals surface area contributed by atoms with Crippen molar-refractivity contribution < 1.29 is 27.4 Å². The number of hydrogen-bond acceptors (Lipinski definition) is 6. The molecule has 104 valence electrons. The summed E-state index contributed by atoms with van der Waals surface area (Å²) in [4.78, 5) is 11.7. The minimum absolute atomic E-state index is 0.0521. The molecule has 0 aromatic heterocycles. The van der Waals surface area contributed by atoms with Crippen LogP contribution in [0.2, 0.25) is 0 Å². The minimum Gasteiger partial charge on any atom is -0.465 e. The van der Waals surface area contributed by atoms with E-state index in [1.807, 2.05) is 0 Å². The maximum absolute atomic E-state index is 11.7. The fourth-order valence-corrected chi connectivity index (χ4v) is 3.00. The Morgan fingerprint density at radius 3 is 2.74 bits per heavy atom. The van der Waals surface area contributed by atoms with Crippen molar-refractivity contribution >= 4 is 25.7 Å². The third-order valence-corrected chi connectivity index (χ3v) is 4.04. The first-order chi connectivity index (χ1) is 8.93. The molecule has 1 aliphatic heterocycles. The standard InChI is InChI=1S/C11H11ClO6S/c1-2-16-11(13)10(19(12,14)15)7-3-4-8-9(5-7)18-6-17-8/h3-5,10H,2,6H2,1H3. The Morgan fingerprint density at radius 2 is 2.11 bits per heavy atom. The fraction of sp³-hybridized carbons (Fsp3) is 0.364. The van der Waals surface area contributed by atoms with Gasteiger partial charge in [0.25, 0.3) is 9.05 Å². The molecule has 0 fully saturated rings. The molecule has 1 unspecified atom stereocenters. The van der Waals surface area contributed by atoms with Gasteiger partial charge in [0.2, 0.25) is 6.79 Å². The molecule has 0 spiro atoms. The lowest BCUT2D eigenvalue weighted by molar-refractivity contribution is -0.142. The first-order valence-corrected chi connectivity index (χ1v) is 7.80. The molecule has 1 aromatic rings. The molecular weight excluding hydrogens is 296 g/mol. The van der Waals surface area contributed by atoms with Gasteiger partial charge in [-0.15, -0.1) is 0 Å². The van der Waals surface area contributed by atoms with Crippen molar-refractivity contribution in [2.45, 2.75) is 12.2 Å². The summed E-state index contributed by atoms with van der Waals surface area (Å²) in [5, 5.41) is -1.58. The average Bonchev–Trinajstić information content (AvgIpc) is 2.74. The molecule has 1 heterocycles. The Bertz CT molecular complexity index is 597. The molecule has 1 aliphatic rings. The van der Waals surface area contributed by atoms with Crippen molar-refractivity contribution in [3.8, 4) is 11.5 Å². The average molecular weight is 307 g/mol. The van der Waals surface area contributed by atoms with Crippen LogP contribution in [0.3, 0.4) is 0 Å². The van der Waals surface area contributed by atoms with E-state index in [4.69, 9.17) is 24.9 Å². The van der Waals surface area contributed by atoms with Crippen LogP contribution in [0.1, 0.15) is 17.7 Å². The predicted octanol–water partition coefficient (Wildman–Crippen LogP) is 1.59. The number of fused-ring (bicyclic) bond motifs is 1. The summed E-state index contributed by atoms with van der Waals surface area (Å²) in [6.07, 6.45) is 0. The van der Waals surface area contributed by atoms with E-state index >= 15 is 0 Å². The van der Waals surface area contributed by atoms with Crippen LogP contribution in [0.4, 0.5) is 0 Å². The Morgan fingerprint density at radius 1 is 1.42 bits per heavy atom. The van der Waals surface area contributed by atoms with Crippen LogP contribution in [0.15, 0.2) is 18.2 Å². The second kappa shape index (κ2) is 5.26. The highest BCUT2D eigenvalue weighted by molar-refractivity contribution is 8.14. The van der Waals surface area contributed by atoms with Crippen molar-refractivity contribution in [2.75, 3.05) is 13.4 Å². The number of ether oxygens (including phenoxy) is 3. The second-order valence-corrected chi connectivity index (χ2v) is 6.43. The molecule has 0 aliphatic carbocycles. The van der Waals surface area contributed by atoms with Crippen LogP contribution < -0.4 is 9.47 Å². The lowest BCUT2D eigenvalue weighted by Gasteiger charge is -2.13. The maximum Gasteiger partial charge on any atom is 0.330 e. The topological polar surface area (TPSA) is 78.9 Å². The van der Waals surface area contributed by atoms with E-state index in [-0.39, 0.29) is 19.0 Å². The van der Waals surface area contributed by atoms with Gasteiger partial charge in [0.05, 0.1) is 6.61 Å². The van der Waals surface area contributed by atoms with Crippen molar-refractivity contribution in [2.24, 2.45) is 0 Å². The van der Waals surface area contributed by atoms with Gasteiger partial charge in [-0.2, -0.15) is 0 Å². The second-order valence-electron chi connectivity index (χ2n) is 3.72. The number of halogens is 1. The Balaban J connectivity index is 2.41. The highest BCUT2D eigenvalue weighted by atomic mass is 35.7. The van der Waals surface area contributed by atoms with Crippen molar-refractivity contribution in [1.29, 1.82) is 0 Å². The van der Waals surface area contributed by atoms with Gasteiger partial charge in [-0.3, -0.25) is 4.79 Å². The summed E-state index contributed by atoms with van der Waals surface area (Å²) in [7, 11) is 1.16. The third-order valence-electron chi connectivity index (χ3n) is 2.48. The van der Waals surface area contributed by atoms with E-state index in [2.05, 4.69) is 0 Å². The van der Waals surface area contributed by atoms with E-state index in [1.165, 1.54) is 18.2 Å². The summed E-state index contributed by atoms with van der Waals surface area (Å²) in [6, 6.07) is 4.37. The molecule has 0 saturated heterocycles. The molecule has 0 amide bonds. The van der Waals surface area contributed by atoms with Crippen LogP contribution >= 0.6 is 10.7 Å². The Labute approximate surface area is 114 Å². The molecule has 2 rings (SSSR count). The summed E-state index contributed by atoms with van der Waals surface area (Å²) >= 11 is 0. The number of esters is 1. The van der Waals surface area contributed by atoms with Gasteiger partial charge in [-0.1, -0.05) is 6.07 Å². The predicted molar refractivity (Wildman–Crippen MR) is 66.7 cm³/mol. The summed E-state index contributed by atoms with van der Waals surface area (Å²) in [6.45, 7) is 1.69. The monoisotopic (exact) mass is 306 g/mol. The molecule has 0 N–H and O–H groups in total. The zero-order valence-corrected chi connectivity index (χ0v) is 11.5. The Kier molecular flexibility index (Phi) is 3.86. The number of benzene rings is 1. The van der Waals surface area contributed by atoms with Crippen LogP contribution in [-0.4, -0.2) is 27.8 Å². The molecule has 19 heavy (non-hydrogen) atoms. The molecule has 0 saturated carbocycles. The normalized spacial score (nSPS) is 15.1. The molecular formula is C11H11ClO6S. The number of carbonyl (C=O) groups is 1. The number of hydrogen-bond donors (Lipinski definition) is 0. The highest BCUT2D eigenvalue weighted by Crippen LogP contribution is 2.37. The van der Waals surface area contributed by atoms with Crippen molar-refractivity contribution in [3.05, 3.63) is 23.8 Å². The molecule has 0 radical (unpaired) electrons. The minimum atomic E-state index is -4.16. The van der Waals surface area contributed by atoms with Gasteiger partial charge in [0.1, 0.15) is 0 Å². The lowest BCUT2D eigenvalue weighted by atomic mass is 10.1. The lowest BCUT2D eigenvalue weighted by Crippen LogP contribution is -2.21.